The van der Waals surface area contributed by atoms with Crippen molar-refractivity contribution in [2.24, 2.45) is 0 Å². The molecule has 2 aromatic rings. The molecule has 0 amide bonds. The zero-order valence-electron chi connectivity index (χ0n) is 12.6. The average molecular weight is 285 g/mol. The van der Waals surface area contributed by atoms with Gasteiger partial charge >= 0.3 is 0 Å². The zero-order chi connectivity index (χ0) is 14.5. The van der Waals surface area contributed by atoms with Gasteiger partial charge in [0.15, 0.2) is 0 Å². The first-order valence-electron chi connectivity index (χ1n) is 7.75. The van der Waals surface area contributed by atoms with Crippen molar-refractivity contribution in [2.45, 2.75) is 38.3 Å². The number of fused-ring (bicyclic) bond motifs is 1. The number of ether oxygens (including phenoxy) is 1. The van der Waals surface area contributed by atoms with Gasteiger partial charge in [0, 0.05) is 25.0 Å². The molecule has 0 saturated heterocycles. The molecule has 1 unspecified atom stereocenters. The van der Waals surface area contributed by atoms with Crippen LogP contribution in [0.15, 0.2) is 36.9 Å². The van der Waals surface area contributed by atoms with E-state index in [9.17, 15) is 0 Å². The molecule has 3 rings (SSSR count). The van der Waals surface area contributed by atoms with Gasteiger partial charge in [0.25, 0.3) is 0 Å². The van der Waals surface area contributed by atoms with Crippen molar-refractivity contribution in [3.63, 3.8) is 0 Å². The van der Waals surface area contributed by atoms with Crippen LogP contribution in [-0.2, 0) is 13.0 Å². The molecule has 0 bridgehead atoms. The normalized spacial score (nSPS) is 17.5. The van der Waals surface area contributed by atoms with Crippen LogP contribution < -0.4 is 10.1 Å². The Kier molecular flexibility index (Phi) is 4.55. The van der Waals surface area contributed by atoms with E-state index in [0.717, 1.165) is 25.3 Å². The Balaban J connectivity index is 1.54. The van der Waals surface area contributed by atoms with Crippen molar-refractivity contribution < 1.29 is 4.74 Å². The second kappa shape index (κ2) is 6.76. The average Bonchev–Trinajstić information content (AvgIpc) is 3.04. The molecule has 1 aliphatic carbocycles. The minimum atomic E-state index is 0.504. The topological polar surface area (TPSA) is 39.1 Å². The van der Waals surface area contributed by atoms with Gasteiger partial charge < -0.3 is 14.6 Å². The van der Waals surface area contributed by atoms with Crippen molar-refractivity contribution in [3.05, 3.63) is 48.0 Å². The fraction of sp³-hybridized carbons (Fsp3) is 0.471. The maximum absolute atomic E-state index is 5.89. The van der Waals surface area contributed by atoms with E-state index in [1.54, 1.807) is 0 Å². The third-order valence-electron chi connectivity index (χ3n) is 4.17. The van der Waals surface area contributed by atoms with Gasteiger partial charge in [-0.2, -0.15) is 0 Å². The van der Waals surface area contributed by atoms with Gasteiger partial charge in [-0.3, -0.25) is 0 Å². The lowest BCUT2D eigenvalue weighted by molar-refractivity contribution is 0.301. The molecule has 1 aromatic heterocycles. The van der Waals surface area contributed by atoms with Crippen LogP contribution in [0.3, 0.4) is 0 Å². The maximum Gasteiger partial charge on any atom is 0.119 e. The summed E-state index contributed by atoms with van der Waals surface area (Å²) in [6.07, 6.45) is 10.3. The van der Waals surface area contributed by atoms with E-state index in [-0.39, 0.29) is 0 Å². The first-order valence-corrected chi connectivity index (χ1v) is 7.75. The van der Waals surface area contributed by atoms with Gasteiger partial charge in [-0.25, -0.2) is 4.98 Å². The first-order chi connectivity index (χ1) is 10.4. The maximum atomic E-state index is 5.89. The molecule has 4 heteroatoms. The van der Waals surface area contributed by atoms with Crippen molar-refractivity contribution in [2.75, 3.05) is 13.7 Å². The molecule has 1 aromatic carbocycles. The summed E-state index contributed by atoms with van der Waals surface area (Å²) in [5.41, 5.74) is 2.88. The predicted molar refractivity (Wildman–Crippen MR) is 83.5 cm³/mol. The molecule has 1 aliphatic rings. The van der Waals surface area contributed by atoms with Crippen molar-refractivity contribution >= 4 is 0 Å². The monoisotopic (exact) mass is 285 g/mol. The van der Waals surface area contributed by atoms with Crippen LogP contribution in [0.4, 0.5) is 0 Å². The van der Waals surface area contributed by atoms with Crippen LogP contribution in [0, 0.1) is 0 Å². The second-order valence-electron chi connectivity index (χ2n) is 5.60. The van der Waals surface area contributed by atoms with E-state index in [4.69, 9.17) is 4.74 Å². The minimum absolute atomic E-state index is 0.504. The van der Waals surface area contributed by atoms with Crippen molar-refractivity contribution in [1.29, 1.82) is 0 Å². The molecule has 21 heavy (non-hydrogen) atoms. The number of hydrogen-bond acceptors (Lipinski definition) is 3. The van der Waals surface area contributed by atoms with Gasteiger partial charge in [-0.15, -0.1) is 0 Å². The summed E-state index contributed by atoms with van der Waals surface area (Å²) in [5, 5.41) is 3.40. The number of aromatic nitrogens is 2. The Bertz CT molecular complexity index is 565. The summed E-state index contributed by atoms with van der Waals surface area (Å²) in [7, 11) is 2.04. The minimum Gasteiger partial charge on any atom is -0.494 e. The van der Waals surface area contributed by atoms with Gasteiger partial charge in [0.05, 0.1) is 12.9 Å². The van der Waals surface area contributed by atoms with Crippen LogP contribution in [0.2, 0.25) is 0 Å². The Morgan fingerprint density at radius 2 is 2.38 bits per heavy atom. The SMILES string of the molecule is CNC1CCCc2cc(OCCCn3ccnc3)ccc21. The van der Waals surface area contributed by atoms with E-state index >= 15 is 0 Å². The number of imidazole rings is 1. The number of aryl methyl sites for hydroxylation is 2. The Hall–Kier alpha value is -1.81. The van der Waals surface area contributed by atoms with Crippen LogP contribution >= 0.6 is 0 Å². The second-order valence-corrected chi connectivity index (χ2v) is 5.60. The zero-order valence-corrected chi connectivity index (χ0v) is 12.6. The van der Waals surface area contributed by atoms with E-state index in [2.05, 4.69) is 33.1 Å². The third kappa shape index (κ3) is 3.45. The Morgan fingerprint density at radius 3 is 3.19 bits per heavy atom. The molecule has 0 saturated carbocycles. The highest BCUT2D eigenvalue weighted by atomic mass is 16.5. The Morgan fingerprint density at radius 1 is 1.43 bits per heavy atom. The number of hydrogen-bond donors (Lipinski definition) is 1. The fourth-order valence-electron chi connectivity index (χ4n) is 3.04. The van der Waals surface area contributed by atoms with Crippen molar-refractivity contribution in [3.8, 4) is 5.75 Å². The standard InChI is InChI=1S/C17H23N3O/c1-18-17-5-2-4-14-12-15(6-7-16(14)17)21-11-3-9-20-10-8-19-13-20/h6-8,10,12-13,17-18H,2-5,9,11H2,1H3. The molecule has 0 radical (unpaired) electrons. The summed E-state index contributed by atoms with van der Waals surface area (Å²) < 4.78 is 7.96. The lowest BCUT2D eigenvalue weighted by Gasteiger charge is -2.25. The smallest absolute Gasteiger partial charge is 0.119 e. The van der Waals surface area contributed by atoms with Gasteiger partial charge in [0.1, 0.15) is 5.75 Å². The largest absolute Gasteiger partial charge is 0.494 e. The van der Waals surface area contributed by atoms with Crippen LogP contribution in [0.25, 0.3) is 0 Å². The number of nitrogens with one attached hydrogen (secondary N) is 1. The first kappa shape index (κ1) is 14.1. The molecule has 1 heterocycles. The molecule has 112 valence electrons. The lowest BCUT2D eigenvalue weighted by atomic mass is 9.87. The third-order valence-corrected chi connectivity index (χ3v) is 4.17. The summed E-state index contributed by atoms with van der Waals surface area (Å²) in [4.78, 5) is 4.04. The molecular weight excluding hydrogens is 262 g/mol. The Labute approximate surface area is 126 Å². The van der Waals surface area contributed by atoms with Gasteiger partial charge in [0.2, 0.25) is 0 Å². The summed E-state index contributed by atoms with van der Waals surface area (Å²) in [6, 6.07) is 7.05. The fourth-order valence-corrected chi connectivity index (χ4v) is 3.04. The van der Waals surface area contributed by atoms with Crippen molar-refractivity contribution in [1.82, 2.24) is 14.9 Å². The summed E-state index contributed by atoms with van der Waals surface area (Å²) in [6.45, 7) is 1.69. The quantitative estimate of drug-likeness (QED) is 0.829. The van der Waals surface area contributed by atoms with E-state index in [1.165, 1.54) is 30.4 Å². The molecule has 0 spiro atoms. The van der Waals surface area contributed by atoms with E-state index < -0.39 is 0 Å². The molecule has 0 aliphatic heterocycles. The molecule has 1 atom stereocenters. The summed E-state index contributed by atoms with van der Waals surface area (Å²) in [5.74, 6) is 0.996. The molecule has 0 fully saturated rings. The van der Waals surface area contributed by atoms with E-state index in [0.29, 0.717) is 6.04 Å². The lowest BCUT2D eigenvalue weighted by Crippen LogP contribution is -2.21. The predicted octanol–water partition coefficient (Wildman–Crippen LogP) is 2.95. The molecule has 4 nitrogen and oxygen atoms in total. The van der Waals surface area contributed by atoms with E-state index in [1.807, 2.05) is 25.8 Å². The van der Waals surface area contributed by atoms with Gasteiger partial charge in [-0.1, -0.05) is 6.07 Å². The number of nitrogens with zero attached hydrogens (tertiary/aromatic N) is 2. The number of benzene rings is 1. The number of rotatable bonds is 6. The molecular formula is C17H23N3O. The summed E-state index contributed by atoms with van der Waals surface area (Å²) >= 11 is 0. The molecule has 1 N–H and O–H groups in total. The highest BCUT2D eigenvalue weighted by molar-refractivity contribution is 5.39. The highest BCUT2D eigenvalue weighted by Gasteiger charge is 2.18. The van der Waals surface area contributed by atoms with Crippen LogP contribution in [0.5, 0.6) is 5.75 Å². The van der Waals surface area contributed by atoms with Crippen LogP contribution in [-0.4, -0.2) is 23.2 Å². The van der Waals surface area contributed by atoms with Crippen LogP contribution in [0.1, 0.15) is 36.4 Å². The van der Waals surface area contributed by atoms with Gasteiger partial charge in [-0.05, 0) is 56.0 Å². The highest BCUT2D eigenvalue weighted by Crippen LogP contribution is 2.31.